The second-order valence-electron chi connectivity index (χ2n) is 5.80. The van der Waals surface area contributed by atoms with Gasteiger partial charge in [0.15, 0.2) is 0 Å². The summed E-state index contributed by atoms with van der Waals surface area (Å²) in [6.45, 7) is 2.41. The van der Waals surface area contributed by atoms with Crippen LogP contribution in [0.1, 0.15) is 12.8 Å². The fourth-order valence-corrected chi connectivity index (χ4v) is 3.21. The number of anilines is 1. The van der Waals surface area contributed by atoms with Crippen molar-refractivity contribution in [1.82, 2.24) is 0 Å². The van der Waals surface area contributed by atoms with Crippen molar-refractivity contribution in [3.63, 3.8) is 0 Å². The molecular formula is C20H19N. The van der Waals surface area contributed by atoms with Gasteiger partial charge < -0.3 is 4.90 Å². The topological polar surface area (TPSA) is 3.24 Å². The fraction of sp³-hybridized carbons (Fsp3) is 0.200. The Bertz CT molecular complexity index is 752. The Morgan fingerprint density at radius 2 is 1.29 bits per heavy atom. The molecule has 1 nitrogen and oxygen atoms in total. The number of hydrogen-bond acceptors (Lipinski definition) is 1. The molecular weight excluding hydrogens is 254 g/mol. The van der Waals surface area contributed by atoms with Crippen LogP contribution < -0.4 is 4.90 Å². The van der Waals surface area contributed by atoms with Gasteiger partial charge in [0.25, 0.3) is 0 Å². The molecule has 21 heavy (non-hydrogen) atoms. The summed E-state index contributed by atoms with van der Waals surface area (Å²) in [4.78, 5) is 2.48. The zero-order chi connectivity index (χ0) is 14.1. The minimum absolute atomic E-state index is 1.20. The lowest BCUT2D eigenvalue weighted by molar-refractivity contribution is 0.949. The van der Waals surface area contributed by atoms with Crippen molar-refractivity contribution >= 4 is 16.5 Å². The van der Waals surface area contributed by atoms with Crippen molar-refractivity contribution in [2.24, 2.45) is 0 Å². The van der Waals surface area contributed by atoms with Gasteiger partial charge >= 0.3 is 0 Å². The molecule has 0 atom stereocenters. The molecule has 4 rings (SSSR count). The van der Waals surface area contributed by atoms with Crippen LogP contribution in [0.15, 0.2) is 66.7 Å². The van der Waals surface area contributed by atoms with E-state index in [0.717, 1.165) is 0 Å². The minimum Gasteiger partial charge on any atom is -0.372 e. The molecule has 0 aromatic heterocycles. The van der Waals surface area contributed by atoms with E-state index in [2.05, 4.69) is 71.6 Å². The molecule has 0 saturated carbocycles. The molecule has 3 aromatic rings. The molecule has 3 aromatic carbocycles. The van der Waals surface area contributed by atoms with E-state index in [1.165, 1.54) is 53.5 Å². The van der Waals surface area contributed by atoms with Crippen molar-refractivity contribution in [3.8, 4) is 11.1 Å². The number of rotatable bonds is 2. The first-order chi connectivity index (χ1) is 10.4. The third kappa shape index (κ3) is 2.40. The lowest BCUT2D eigenvalue weighted by Crippen LogP contribution is -2.17. The normalized spacial score (nSPS) is 14.8. The zero-order valence-electron chi connectivity index (χ0n) is 12.1. The van der Waals surface area contributed by atoms with Gasteiger partial charge in [0.1, 0.15) is 0 Å². The van der Waals surface area contributed by atoms with Crippen LogP contribution in [0.4, 0.5) is 5.69 Å². The quantitative estimate of drug-likeness (QED) is 0.627. The van der Waals surface area contributed by atoms with Gasteiger partial charge in [-0.2, -0.15) is 0 Å². The predicted molar refractivity (Wildman–Crippen MR) is 90.8 cm³/mol. The Balaban J connectivity index is 1.67. The van der Waals surface area contributed by atoms with Gasteiger partial charge in [-0.05, 0) is 52.9 Å². The van der Waals surface area contributed by atoms with Crippen LogP contribution in [0.25, 0.3) is 21.9 Å². The highest BCUT2D eigenvalue weighted by Gasteiger charge is 2.11. The van der Waals surface area contributed by atoms with Gasteiger partial charge in [0.05, 0.1) is 0 Å². The van der Waals surface area contributed by atoms with E-state index >= 15 is 0 Å². The number of benzene rings is 3. The van der Waals surface area contributed by atoms with E-state index in [1.54, 1.807) is 0 Å². The first-order valence-electron chi connectivity index (χ1n) is 7.74. The summed E-state index contributed by atoms with van der Waals surface area (Å²) in [6, 6.07) is 24.2. The molecule has 1 heterocycles. The standard InChI is InChI=1S/C20H19N/c1-2-6-18-15-19(8-7-16(18)5-1)17-9-11-20(12-10-17)21-13-3-4-14-21/h1-2,5-12,15H,3-4,13-14H2. The summed E-state index contributed by atoms with van der Waals surface area (Å²) in [5.74, 6) is 0. The highest BCUT2D eigenvalue weighted by molar-refractivity contribution is 5.87. The Hall–Kier alpha value is -2.28. The maximum Gasteiger partial charge on any atom is 0.0366 e. The summed E-state index contributed by atoms with van der Waals surface area (Å²) in [5.41, 5.74) is 3.95. The summed E-state index contributed by atoms with van der Waals surface area (Å²) < 4.78 is 0. The third-order valence-electron chi connectivity index (χ3n) is 4.42. The molecule has 0 unspecified atom stereocenters. The van der Waals surface area contributed by atoms with Gasteiger partial charge in [-0.3, -0.25) is 0 Å². The number of fused-ring (bicyclic) bond motifs is 1. The third-order valence-corrected chi connectivity index (χ3v) is 4.42. The predicted octanol–water partition coefficient (Wildman–Crippen LogP) is 5.11. The highest BCUT2D eigenvalue weighted by atomic mass is 15.1. The van der Waals surface area contributed by atoms with Crippen LogP contribution in [0.5, 0.6) is 0 Å². The molecule has 1 saturated heterocycles. The van der Waals surface area contributed by atoms with Crippen LogP contribution >= 0.6 is 0 Å². The van der Waals surface area contributed by atoms with Gasteiger partial charge in [0.2, 0.25) is 0 Å². The summed E-state index contributed by atoms with van der Waals surface area (Å²) in [6.07, 6.45) is 2.65. The Morgan fingerprint density at radius 3 is 2.05 bits per heavy atom. The average molecular weight is 273 g/mol. The molecule has 1 aliphatic heterocycles. The molecule has 0 spiro atoms. The summed E-state index contributed by atoms with van der Waals surface area (Å²) >= 11 is 0. The van der Waals surface area contributed by atoms with E-state index in [9.17, 15) is 0 Å². The zero-order valence-corrected chi connectivity index (χ0v) is 12.1. The van der Waals surface area contributed by atoms with Crippen molar-refractivity contribution in [3.05, 3.63) is 66.7 Å². The van der Waals surface area contributed by atoms with Crippen molar-refractivity contribution in [2.75, 3.05) is 18.0 Å². The lowest BCUT2D eigenvalue weighted by atomic mass is 10.0. The first-order valence-corrected chi connectivity index (χ1v) is 7.74. The molecule has 1 heteroatoms. The monoisotopic (exact) mass is 273 g/mol. The SMILES string of the molecule is c1ccc2cc(-c3ccc(N4CCCC4)cc3)ccc2c1. The lowest BCUT2D eigenvalue weighted by Gasteiger charge is -2.17. The average Bonchev–Trinajstić information content (AvgIpc) is 3.09. The molecule has 104 valence electrons. The van der Waals surface area contributed by atoms with Crippen LogP contribution in [0.3, 0.4) is 0 Å². The van der Waals surface area contributed by atoms with Crippen molar-refractivity contribution in [1.29, 1.82) is 0 Å². The molecule has 0 radical (unpaired) electrons. The van der Waals surface area contributed by atoms with E-state index in [1.807, 2.05) is 0 Å². The summed E-state index contributed by atoms with van der Waals surface area (Å²) in [5, 5.41) is 2.61. The van der Waals surface area contributed by atoms with Crippen LogP contribution in [0, 0.1) is 0 Å². The van der Waals surface area contributed by atoms with Crippen LogP contribution in [0.2, 0.25) is 0 Å². The van der Waals surface area contributed by atoms with E-state index in [4.69, 9.17) is 0 Å². The molecule has 0 aliphatic carbocycles. The van der Waals surface area contributed by atoms with Gasteiger partial charge in [-0.1, -0.05) is 48.5 Å². The van der Waals surface area contributed by atoms with Crippen LogP contribution in [-0.2, 0) is 0 Å². The maximum atomic E-state index is 2.48. The van der Waals surface area contributed by atoms with E-state index in [0.29, 0.717) is 0 Å². The molecule has 0 amide bonds. The second-order valence-corrected chi connectivity index (χ2v) is 5.80. The fourth-order valence-electron chi connectivity index (χ4n) is 3.21. The van der Waals surface area contributed by atoms with E-state index < -0.39 is 0 Å². The Kier molecular flexibility index (Phi) is 3.11. The largest absolute Gasteiger partial charge is 0.372 e. The molecule has 0 bridgehead atoms. The highest BCUT2D eigenvalue weighted by Crippen LogP contribution is 2.27. The molecule has 1 aliphatic rings. The minimum atomic E-state index is 1.20. The van der Waals surface area contributed by atoms with E-state index in [-0.39, 0.29) is 0 Å². The molecule has 1 fully saturated rings. The number of hydrogen-bond donors (Lipinski definition) is 0. The Labute approximate surface area is 125 Å². The molecule has 0 N–H and O–H groups in total. The smallest absolute Gasteiger partial charge is 0.0366 e. The number of nitrogens with zero attached hydrogens (tertiary/aromatic N) is 1. The first kappa shape index (κ1) is 12.5. The van der Waals surface area contributed by atoms with Crippen molar-refractivity contribution in [2.45, 2.75) is 12.8 Å². The van der Waals surface area contributed by atoms with Crippen molar-refractivity contribution < 1.29 is 0 Å². The Morgan fingerprint density at radius 1 is 0.619 bits per heavy atom. The van der Waals surface area contributed by atoms with Gasteiger partial charge in [-0.25, -0.2) is 0 Å². The second kappa shape index (κ2) is 5.25. The van der Waals surface area contributed by atoms with Gasteiger partial charge in [0, 0.05) is 18.8 Å². The van der Waals surface area contributed by atoms with Gasteiger partial charge in [-0.15, -0.1) is 0 Å². The summed E-state index contributed by atoms with van der Waals surface area (Å²) in [7, 11) is 0. The maximum absolute atomic E-state index is 2.48. The van der Waals surface area contributed by atoms with Crippen LogP contribution in [-0.4, -0.2) is 13.1 Å².